The summed E-state index contributed by atoms with van der Waals surface area (Å²) in [4.78, 5) is 0.993. The maximum Gasteiger partial charge on any atom is 0.252 e. The third-order valence-corrected chi connectivity index (χ3v) is 6.54. The predicted molar refractivity (Wildman–Crippen MR) is 87.2 cm³/mol. The molecule has 0 atom stereocenters. The van der Waals surface area contributed by atoms with E-state index in [1.54, 1.807) is 25.2 Å². The van der Waals surface area contributed by atoms with E-state index in [1.807, 2.05) is 25.2 Å². The molecule has 0 aliphatic rings. The van der Waals surface area contributed by atoms with E-state index < -0.39 is 10.0 Å². The number of benzene rings is 1. The summed E-state index contributed by atoms with van der Waals surface area (Å²) in [6, 6.07) is 10.7. The summed E-state index contributed by atoms with van der Waals surface area (Å²) in [5, 5.41) is 3.61. The van der Waals surface area contributed by atoms with Crippen LogP contribution < -0.4 is 5.32 Å². The van der Waals surface area contributed by atoms with Crippen LogP contribution in [0.25, 0.3) is 0 Å². The highest BCUT2D eigenvalue weighted by molar-refractivity contribution is 7.91. The number of hydrogen-bond donors (Lipinski definition) is 1. The molecule has 1 N–H and O–H groups in total. The van der Waals surface area contributed by atoms with Gasteiger partial charge in [-0.2, -0.15) is 4.31 Å². The smallest absolute Gasteiger partial charge is 0.252 e. The molecule has 114 valence electrons. The van der Waals surface area contributed by atoms with Crippen LogP contribution in [0.1, 0.15) is 10.4 Å². The molecule has 0 spiro atoms. The van der Waals surface area contributed by atoms with E-state index >= 15 is 0 Å². The molecule has 0 saturated carbocycles. The lowest BCUT2D eigenvalue weighted by Gasteiger charge is -2.16. The fraction of sp³-hybridized carbons (Fsp3) is 0.286. The highest BCUT2D eigenvalue weighted by atomic mass is 35.5. The van der Waals surface area contributed by atoms with Crippen molar-refractivity contribution in [1.29, 1.82) is 0 Å². The largest absolute Gasteiger partial charge is 0.315 e. The van der Waals surface area contributed by atoms with Gasteiger partial charge in [0.25, 0.3) is 10.0 Å². The highest BCUT2D eigenvalue weighted by Gasteiger charge is 2.22. The molecule has 0 aliphatic heterocycles. The first-order valence-electron chi connectivity index (χ1n) is 6.37. The SMILES string of the molecule is CNCc1ccc(S(=O)(=O)N(C)Cc2cccc(Cl)c2)s1. The average Bonchev–Trinajstić information content (AvgIpc) is 2.88. The Balaban J connectivity index is 2.17. The molecule has 1 heterocycles. The van der Waals surface area contributed by atoms with Crippen molar-refractivity contribution in [3.8, 4) is 0 Å². The molecule has 2 rings (SSSR count). The van der Waals surface area contributed by atoms with Crippen LogP contribution in [-0.4, -0.2) is 26.8 Å². The van der Waals surface area contributed by atoms with Crippen molar-refractivity contribution in [2.75, 3.05) is 14.1 Å². The Kier molecular flexibility index (Phi) is 5.40. The summed E-state index contributed by atoms with van der Waals surface area (Å²) in [6.45, 7) is 0.959. The summed E-state index contributed by atoms with van der Waals surface area (Å²) in [7, 11) is -0.0569. The van der Waals surface area contributed by atoms with Gasteiger partial charge in [0.1, 0.15) is 4.21 Å². The Bertz CT molecular complexity index is 713. The number of hydrogen-bond acceptors (Lipinski definition) is 4. The molecule has 4 nitrogen and oxygen atoms in total. The minimum absolute atomic E-state index is 0.294. The van der Waals surface area contributed by atoms with E-state index in [4.69, 9.17) is 11.6 Å². The van der Waals surface area contributed by atoms with Gasteiger partial charge in [0, 0.05) is 30.0 Å². The fourth-order valence-electron chi connectivity index (χ4n) is 1.90. The van der Waals surface area contributed by atoms with Crippen molar-refractivity contribution in [2.45, 2.75) is 17.3 Å². The summed E-state index contributed by atoms with van der Waals surface area (Å²) >= 11 is 7.21. The number of sulfonamides is 1. The van der Waals surface area contributed by atoms with E-state index in [2.05, 4.69) is 5.32 Å². The first-order valence-corrected chi connectivity index (χ1v) is 9.01. The van der Waals surface area contributed by atoms with Crippen molar-refractivity contribution < 1.29 is 8.42 Å². The zero-order valence-corrected chi connectivity index (χ0v) is 14.2. The molecular weight excluding hydrogens is 328 g/mol. The lowest BCUT2D eigenvalue weighted by molar-refractivity contribution is 0.468. The summed E-state index contributed by atoms with van der Waals surface area (Å²) in [5.41, 5.74) is 0.862. The average molecular weight is 345 g/mol. The standard InChI is InChI=1S/C14H17ClN2O2S2/c1-16-9-13-6-7-14(20-13)21(18,19)17(2)10-11-4-3-5-12(15)8-11/h3-8,16H,9-10H2,1-2H3. The van der Waals surface area contributed by atoms with Crippen LogP contribution in [0.2, 0.25) is 5.02 Å². The lowest BCUT2D eigenvalue weighted by Crippen LogP contribution is -2.25. The molecule has 0 bridgehead atoms. The molecular formula is C14H17ClN2O2S2. The van der Waals surface area contributed by atoms with Crippen LogP contribution in [0.15, 0.2) is 40.6 Å². The van der Waals surface area contributed by atoms with Crippen molar-refractivity contribution in [3.05, 3.63) is 51.9 Å². The van der Waals surface area contributed by atoms with Gasteiger partial charge in [0.2, 0.25) is 0 Å². The number of rotatable bonds is 6. The molecule has 21 heavy (non-hydrogen) atoms. The van der Waals surface area contributed by atoms with Gasteiger partial charge in [-0.05, 0) is 36.9 Å². The number of nitrogens with one attached hydrogen (secondary N) is 1. The molecule has 0 aliphatic carbocycles. The predicted octanol–water partition coefficient (Wildman–Crippen LogP) is 2.94. The van der Waals surface area contributed by atoms with Crippen LogP contribution in [-0.2, 0) is 23.1 Å². The van der Waals surface area contributed by atoms with Crippen LogP contribution in [0, 0.1) is 0 Å². The van der Waals surface area contributed by atoms with E-state index in [9.17, 15) is 8.42 Å². The normalized spacial score (nSPS) is 12.0. The molecule has 0 fully saturated rings. The summed E-state index contributed by atoms with van der Waals surface area (Å²) in [6.07, 6.45) is 0. The van der Waals surface area contributed by atoms with Gasteiger partial charge in [-0.15, -0.1) is 11.3 Å². The minimum Gasteiger partial charge on any atom is -0.315 e. The molecule has 2 aromatic rings. The van der Waals surface area contributed by atoms with E-state index in [0.717, 1.165) is 10.4 Å². The Labute approximate surface area is 134 Å². The molecule has 0 unspecified atom stereocenters. The highest BCUT2D eigenvalue weighted by Crippen LogP contribution is 2.25. The summed E-state index contributed by atoms with van der Waals surface area (Å²) < 4.78 is 26.7. The third-order valence-electron chi connectivity index (χ3n) is 2.95. The van der Waals surface area contributed by atoms with Crippen molar-refractivity contribution in [2.24, 2.45) is 0 Å². The first kappa shape index (κ1) is 16.5. The fourth-order valence-corrected chi connectivity index (χ4v) is 4.85. The Morgan fingerprint density at radius 2 is 2.05 bits per heavy atom. The van der Waals surface area contributed by atoms with Gasteiger partial charge < -0.3 is 5.32 Å². The van der Waals surface area contributed by atoms with Gasteiger partial charge in [-0.25, -0.2) is 8.42 Å². The Hall–Kier alpha value is -0.920. The second-order valence-electron chi connectivity index (χ2n) is 4.64. The van der Waals surface area contributed by atoms with Gasteiger partial charge in [0.15, 0.2) is 0 Å². The van der Waals surface area contributed by atoms with Crippen LogP contribution in [0.3, 0.4) is 0 Å². The lowest BCUT2D eigenvalue weighted by atomic mass is 10.2. The van der Waals surface area contributed by atoms with Gasteiger partial charge in [-0.3, -0.25) is 0 Å². The summed E-state index contributed by atoms with van der Waals surface area (Å²) in [5.74, 6) is 0. The first-order chi connectivity index (χ1) is 9.93. The van der Waals surface area contributed by atoms with Crippen LogP contribution >= 0.6 is 22.9 Å². The zero-order chi connectivity index (χ0) is 15.5. The van der Waals surface area contributed by atoms with E-state index in [-0.39, 0.29) is 0 Å². The van der Waals surface area contributed by atoms with Gasteiger partial charge >= 0.3 is 0 Å². The molecule has 7 heteroatoms. The monoisotopic (exact) mass is 344 g/mol. The number of nitrogens with zero attached hydrogens (tertiary/aromatic N) is 1. The molecule has 1 aromatic carbocycles. The van der Waals surface area contributed by atoms with E-state index in [0.29, 0.717) is 22.3 Å². The zero-order valence-electron chi connectivity index (χ0n) is 11.8. The molecule has 0 radical (unpaired) electrons. The van der Waals surface area contributed by atoms with Crippen LogP contribution in [0.5, 0.6) is 0 Å². The topological polar surface area (TPSA) is 49.4 Å². The van der Waals surface area contributed by atoms with E-state index in [1.165, 1.54) is 15.6 Å². The second kappa shape index (κ2) is 6.89. The second-order valence-corrected chi connectivity index (χ2v) is 8.52. The van der Waals surface area contributed by atoms with Crippen molar-refractivity contribution in [1.82, 2.24) is 9.62 Å². The third kappa shape index (κ3) is 4.05. The molecule has 1 aromatic heterocycles. The van der Waals surface area contributed by atoms with Gasteiger partial charge in [-0.1, -0.05) is 23.7 Å². The number of thiophene rings is 1. The van der Waals surface area contributed by atoms with Gasteiger partial charge in [0.05, 0.1) is 0 Å². The number of halogens is 1. The quantitative estimate of drug-likeness (QED) is 0.876. The Morgan fingerprint density at radius 1 is 1.29 bits per heavy atom. The molecule has 0 amide bonds. The van der Waals surface area contributed by atoms with Crippen molar-refractivity contribution in [3.63, 3.8) is 0 Å². The minimum atomic E-state index is -3.47. The maximum atomic E-state index is 12.5. The maximum absolute atomic E-state index is 12.5. The Morgan fingerprint density at radius 3 is 2.71 bits per heavy atom. The van der Waals surface area contributed by atoms with Crippen LogP contribution in [0.4, 0.5) is 0 Å². The molecule has 0 saturated heterocycles. The van der Waals surface area contributed by atoms with Crippen molar-refractivity contribution >= 4 is 33.0 Å².